The fraction of sp³-hybridized carbons (Fsp3) is 0.316. The molecule has 2 aliphatic rings. The zero-order chi connectivity index (χ0) is 16.2. The van der Waals surface area contributed by atoms with Gasteiger partial charge < -0.3 is 17.1 Å². The van der Waals surface area contributed by atoms with E-state index < -0.39 is 8.07 Å². The van der Waals surface area contributed by atoms with Gasteiger partial charge in [-0.15, -0.1) is 0 Å². The minimum Gasteiger partial charge on any atom is -1.00 e. The van der Waals surface area contributed by atoms with Crippen LogP contribution >= 0.6 is 11.6 Å². The number of hydrogen-bond donors (Lipinski definition) is 0. The van der Waals surface area contributed by atoms with Gasteiger partial charge in [0, 0.05) is 18.9 Å². The molecule has 0 aromatic heterocycles. The molecule has 2 aromatic carbocycles. The number of benzene rings is 2. The second kappa shape index (κ2) is 5.90. The van der Waals surface area contributed by atoms with E-state index >= 15 is 0 Å². The molecule has 4 rings (SSSR count). The lowest BCUT2D eigenvalue weighted by atomic mass is 10.1. The van der Waals surface area contributed by atoms with Crippen molar-refractivity contribution in [2.75, 3.05) is 12.8 Å². The van der Waals surface area contributed by atoms with Gasteiger partial charge in [0.2, 0.25) is 0 Å². The van der Waals surface area contributed by atoms with Crippen molar-refractivity contribution in [1.29, 1.82) is 0 Å². The predicted molar refractivity (Wildman–Crippen MR) is 98.0 cm³/mol. The summed E-state index contributed by atoms with van der Waals surface area (Å²) in [6.45, 7) is 7.75. The quantitative estimate of drug-likeness (QED) is 0.489. The Kier molecular flexibility index (Phi) is 4.31. The summed E-state index contributed by atoms with van der Waals surface area (Å²) in [5.41, 5.74) is 1.32. The standard InChI is InChI=1S/C19H21ClNOSi.ClH/c1-19(2)12-22-18-16-6-4-5-7-17(16)23(3,13-21(18)19)15-10-8-14(20)9-11-15;/h4-11H,12-13H2,1-3H3;1H/q+1;/p-1. The Hall–Kier alpha value is -1.29. The van der Waals surface area contributed by atoms with Gasteiger partial charge in [-0.25, -0.2) is 0 Å². The van der Waals surface area contributed by atoms with E-state index in [-0.39, 0.29) is 17.9 Å². The second-order valence-corrected chi connectivity index (χ2v) is 11.9. The van der Waals surface area contributed by atoms with Gasteiger partial charge in [0.15, 0.2) is 20.2 Å². The van der Waals surface area contributed by atoms with Crippen molar-refractivity contribution in [2.45, 2.75) is 25.9 Å². The predicted octanol–water partition coefficient (Wildman–Crippen LogP) is -0.342. The van der Waals surface area contributed by atoms with Crippen LogP contribution in [0.2, 0.25) is 11.6 Å². The van der Waals surface area contributed by atoms with Crippen molar-refractivity contribution in [3.8, 4) is 0 Å². The molecule has 5 heteroatoms. The van der Waals surface area contributed by atoms with Crippen molar-refractivity contribution in [1.82, 2.24) is 0 Å². The molecule has 0 radical (unpaired) electrons. The van der Waals surface area contributed by atoms with Crippen LogP contribution in [0.3, 0.4) is 0 Å². The molecule has 0 aliphatic carbocycles. The molecule has 0 saturated heterocycles. The number of halogens is 2. The average molecular weight is 378 g/mol. The summed E-state index contributed by atoms with van der Waals surface area (Å²) in [5, 5.41) is 3.69. The highest BCUT2D eigenvalue weighted by Gasteiger charge is 2.53. The molecule has 0 amide bonds. The summed E-state index contributed by atoms with van der Waals surface area (Å²) in [7, 11) is -1.86. The highest BCUT2D eigenvalue weighted by Crippen LogP contribution is 2.27. The SMILES string of the molecule is CC1(C)COC2=[N+]1C[Si](C)(c1ccc(Cl)cc1)c1ccccc12.[Cl-]. The van der Waals surface area contributed by atoms with Gasteiger partial charge in [0.05, 0.1) is 5.56 Å². The molecule has 0 bridgehead atoms. The van der Waals surface area contributed by atoms with Gasteiger partial charge in [0.25, 0.3) is 0 Å². The third-order valence-electron chi connectivity index (χ3n) is 5.25. The van der Waals surface area contributed by atoms with Gasteiger partial charge in [-0.2, -0.15) is 4.58 Å². The average Bonchev–Trinajstić information content (AvgIpc) is 2.83. The molecule has 0 N–H and O–H groups in total. The third kappa shape index (κ3) is 2.50. The van der Waals surface area contributed by atoms with Crippen molar-refractivity contribution < 1.29 is 21.7 Å². The third-order valence-corrected chi connectivity index (χ3v) is 9.68. The van der Waals surface area contributed by atoms with Crippen molar-refractivity contribution in [3.05, 3.63) is 59.1 Å². The van der Waals surface area contributed by atoms with E-state index in [1.807, 2.05) is 12.1 Å². The lowest BCUT2D eigenvalue weighted by Gasteiger charge is -2.32. The Morgan fingerprint density at radius 3 is 2.46 bits per heavy atom. The first-order valence-corrected chi connectivity index (χ1v) is 11.1. The van der Waals surface area contributed by atoms with Crippen LogP contribution in [-0.4, -0.2) is 36.9 Å². The normalized spacial score (nSPS) is 23.8. The van der Waals surface area contributed by atoms with Crippen LogP contribution in [0, 0.1) is 0 Å². The highest BCUT2D eigenvalue weighted by atomic mass is 35.5. The number of nitrogens with zero attached hydrogens (tertiary/aromatic N) is 1. The molecular formula is C19H21Cl2NOSi. The molecule has 0 spiro atoms. The summed E-state index contributed by atoms with van der Waals surface area (Å²) >= 11 is 6.11. The maximum atomic E-state index is 6.11. The van der Waals surface area contributed by atoms with E-state index in [9.17, 15) is 0 Å². The molecule has 1 unspecified atom stereocenters. The molecule has 0 fully saturated rings. The van der Waals surface area contributed by atoms with Gasteiger partial charge in [-0.3, -0.25) is 0 Å². The van der Waals surface area contributed by atoms with Crippen LogP contribution in [0.5, 0.6) is 0 Å². The van der Waals surface area contributed by atoms with Gasteiger partial charge in [-0.05, 0) is 28.6 Å². The second-order valence-electron chi connectivity index (χ2n) is 7.38. The monoisotopic (exact) mass is 377 g/mol. The Morgan fingerprint density at radius 2 is 1.75 bits per heavy atom. The molecule has 2 aliphatic heterocycles. The van der Waals surface area contributed by atoms with E-state index in [1.54, 1.807) is 0 Å². The van der Waals surface area contributed by atoms with Crippen LogP contribution in [-0.2, 0) is 4.74 Å². The maximum absolute atomic E-state index is 6.11. The van der Waals surface area contributed by atoms with Crippen LogP contribution in [0.25, 0.3) is 0 Å². The summed E-state index contributed by atoms with van der Waals surface area (Å²) in [6.07, 6.45) is 1.05. The zero-order valence-electron chi connectivity index (χ0n) is 14.1. The first kappa shape index (κ1) is 17.5. The number of rotatable bonds is 1. The van der Waals surface area contributed by atoms with Gasteiger partial charge in [-0.1, -0.05) is 48.5 Å². The topological polar surface area (TPSA) is 12.2 Å². The lowest BCUT2D eigenvalue weighted by molar-refractivity contribution is -0.575. The van der Waals surface area contributed by atoms with Crippen LogP contribution in [0.1, 0.15) is 19.4 Å². The van der Waals surface area contributed by atoms with Crippen LogP contribution in [0.15, 0.2) is 48.5 Å². The smallest absolute Gasteiger partial charge is 0.370 e. The van der Waals surface area contributed by atoms with Crippen LogP contribution < -0.4 is 22.8 Å². The van der Waals surface area contributed by atoms with E-state index in [1.165, 1.54) is 15.9 Å². The first-order valence-electron chi connectivity index (χ1n) is 8.05. The molecule has 2 heterocycles. The summed E-state index contributed by atoms with van der Waals surface area (Å²) < 4.78 is 8.57. The first-order chi connectivity index (χ1) is 10.9. The van der Waals surface area contributed by atoms with E-state index in [2.05, 4.69) is 61.4 Å². The fourth-order valence-corrected chi connectivity index (χ4v) is 7.95. The molecular weight excluding hydrogens is 357 g/mol. The summed E-state index contributed by atoms with van der Waals surface area (Å²) in [6, 6.07) is 17.2. The van der Waals surface area contributed by atoms with E-state index in [4.69, 9.17) is 16.3 Å². The Balaban J connectivity index is 0.00000169. The molecule has 1 atom stereocenters. The lowest BCUT2D eigenvalue weighted by Crippen LogP contribution is -3.00. The van der Waals surface area contributed by atoms with E-state index in [0.717, 1.165) is 23.7 Å². The molecule has 2 nitrogen and oxygen atoms in total. The zero-order valence-corrected chi connectivity index (χ0v) is 16.7. The molecule has 24 heavy (non-hydrogen) atoms. The minimum atomic E-state index is -1.86. The minimum absolute atomic E-state index is 0. The molecule has 2 aromatic rings. The number of hydrogen-bond acceptors (Lipinski definition) is 1. The molecule has 126 valence electrons. The maximum Gasteiger partial charge on any atom is 0.370 e. The van der Waals surface area contributed by atoms with Crippen molar-refractivity contribution >= 4 is 35.9 Å². The largest absolute Gasteiger partial charge is 1.00 e. The summed E-state index contributed by atoms with van der Waals surface area (Å²) in [4.78, 5) is 0. The summed E-state index contributed by atoms with van der Waals surface area (Å²) in [5.74, 6) is 1.06. The number of fused-ring (bicyclic) bond motifs is 2. The van der Waals surface area contributed by atoms with Gasteiger partial charge >= 0.3 is 5.90 Å². The van der Waals surface area contributed by atoms with Crippen LogP contribution in [0.4, 0.5) is 0 Å². The van der Waals surface area contributed by atoms with Gasteiger partial charge in [0.1, 0.15) is 6.17 Å². The Morgan fingerprint density at radius 1 is 1.08 bits per heavy atom. The van der Waals surface area contributed by atoms with E-state index in [0.29, 0.717) is 0 Å². The van der Waals surface area contributed by atoms with Crippen molar-refractivity contribution in [2.24, 2.45) is 0 Å². The Bertz CT molecular complexity index is 816. The Labute approximate surface area is 155 Å². The number of ether oxygens (including phenoxy) is 1. The molecule has 0 saturated carbocycles. The fourth-order valence-electron chi connectivity index (χ4n) is 3.80. The highest BCUT2D eigenvalue weighted by molar-refractivity contribution is 7.02. The van der Waals surface area contributed by atoms with Crippen molar-refractivity contribution in [3.63, 3.8) is 0 Å².